The summed E-state index contributed by atoms with van der Waals surface area (Å²) in [4.78, 5) is 0. The first-order chi connectivity index (χ1) is 8.56. The molecule has 1 aromatic heterocycles. The van der Waals surface area contributed by atoms with Crippen LogP contribution in [0.25, 0.3) is 0 Å². The number of hydrogen-bond donors (Lipinski definition) is 2. The van der Waals surface area contributed by atoms with E-state index in [2.05, 4.69) is 5.10 Å². The minimum absolute atomic E-state index is 0.0932. The second-order valence-electron chi connectivity index (χ2n) is 3.83. The molecule has 0 bridgehead atoms. The summed E-state index contributed by atoms with van der Waals surface area (Å²) in [7, 11) is 0.0681. The van der Waals surface area contributed by atoms with Crippen molar-refractivity contribution < 1.29 is 19.2 Å². The van der Waals surface area contributed by atoms with Crippen LogP contribution in [0.4, 0.5) is 4.39 Å². The zero-order valence-corrected chi connectivity index (χ0v) is 9.75. The van der Waals surface area contributed by atoms with Crippen molar-refractivity contribution in [2.45, 2.75) is 6.61 Å². The van der Waals surface area contributed by atoms with Gasteiger partial charge < -0.3 is 14.8 Å². The molecule has 0 saturated heterocycles. The number of ether oxygens (including phenoxy) is 1. The molecule has 1 heterocycles. The normalized spacial score (nSPS) is 10.4. The van der Waals surface area contributed by atoms with E-state index in [1.165, 1.54) is 6.07 Å². The highest BCUT2D eigenvalue weighted by Gasteiger charge is 2.18. The van der Waals surface area contributed by atoms with Crippen molar-refractivity contribution in [3.8, 4) is 5.75 Å². The molecule has 0 unspecified atom stereocenters. The Labute approximate surface area is 104 Å². The van der Waals surface area contributed by atoms with Crippen molar-refractivity contribution in [1.29, 1.82) is 0 Å². The van der Waals surface area contributed by atoms with Gasteiger partial charge in [-0.15, -0.1) is 0 Å². The number of benzene rings is 1. The molecule has 5 nitrogen and oxygen atoms in total. The first kappa shape index (κ1) is 12.6. The molecule has 1 aromatic carbocycles. The Morgan fingerprint density at radius 3 is 2.78 bits per heavy atom. The molecule has 7 heteroatoms. The summed E-state index contributed by atoms with van der Waals surface area (Å²) in [6, 6.07) is 5.28. The van der Waals surface area contributed by atoms with Gasteiger partial charge in [0.25, 0.3) is 0 Å². The Morgan fingerprint density at radius 2 is 2.17 bits per heavy atom. The zero-order chi connectivity index (χ0) is 13.1. The Kier molecular flexibility index (Phi) is 3.64. The van der Waals surface area contributed by atoms with E-state index in [-0.39, 0.29) is 17.8 Å². The quantitative estimate of drug-likeness (QED) is 0.738. The largest absolute Gasteiger partial charge is 0.492 e. The predicted molar refractivity (Wildman–Crippen MR) is 63.8 cm³/mol. The van der Waals surface area contributed by atoms with E-state index in [4.69, 9.17) is 14.8 Å². The molecule has 0 fully saturated rings. The molecule has 0 amide bonds. The Hall–Kier alpha value is -1.86. The smallest absolute Gasteiger partial charge is 0.487 e. The number of rotatable bonds is 4. The average molecular weight is 250 g/mol. The van der Waals surface area contributed by atoms with Crippen LogP contribution in [0, 0.1) is 5.82 Å². The van der Waals surface area contributed by atoms with Crippen LogP contribution in [0.3, 0.4) is 0 Å². The number of halogens is 1. The van der Waals surface area contributed by atoms with Crippen molar-refractivity contribution in [1.82, 2.24) is 9.78 Å². The van der Waals surface area contributed by atoms with Crippen molar-refractivity contribution in [2.75, 3.05) is 0 Å². The summed E-state index contributed by atoms with van der Waals surface area (Å²) < 4.78 is 20.0. The molecule has 0 aliphatic carbocycles. The SMILES string of the molecule is Cn1ccc(COc2cc(F)ccc2B(O)O)n1. The molecule has 18 heavy (non-hydrogen) atoms. The molecule has 0 saturated carbocycles. The van der Waals surface area contributed by atoms with Crippen LogP contribution < -0.4 is 10.2 Å². The van der Waals surface area contributed by atoms with Crippen LogP contribution in [-0.2, 0) is 13.7 Å². The molecular weight excluding hydrogens is 238 g/mol. The zero-order valence-electron chi connectivity index (χ0n) is 9.75. The van der Waals surface area contributed by atoms with Gasteiger partial charge >= 0.3 is 7.12 Å². The lowest BCUT2D eigenvalue weighted by Gasteiger charge is -2.10. The van der Waals surface area contributed by atoms with Crippen LogP contribution in [0.15, 0.2) is 30.5 Å². The third kappa shape index (κ3) is 2.88. The van der Waals surface area contributed by atoms with Gasteiger partial charge in [-0.1, -0.05) is 6.07 Å². The van der Waals surface area contributed by atoms with Crippen LogP contribution >= 0.6 is 0 Å². The standard InChI is InChI=1S/C11H12BFN2O3/c1-15-5-4-9(14-15)7-18-11-6-8(13)2-3-10(11)12(16)17/h2-6,16-17H,7H2,1H3. The fraction of sp³-hybridized carbons (Fsp3) is 0.182. The summed E-state index contributed by atoms with van der Waals surface area (Å²) >= 11 is 0. The molecule has 0 aliphatic rings. The van der Waals surface area contributed by atoms with Gasteiger partial charge in [0, 0.05) is 24.8 Å². The Balaban J connectivity index is 2.15. The maximum atomic E-state index is 13.1. The molecule has 0 aliphatic heterocycles. The molecule has 2 rings (SSSR count). The molecule has 0 radical (unpaired) electrons. The van der Waals surface area contributed by atoms with Gasteiger partial charge in [0.05, 0.1) is 5.69 Å². The van der Waals surface area contributed by atoms with Crippen LogP contribution in [0.2, 0.25) is 0 Å². The van der Waals surface area contributed by atoms with Crippen LogP contribution in [0.5, 0.6) is 5.75 Å². The van der Waals surface area contributed by atoms with Crippen molar-refractivity contribution in [3.63, 3.8) is 0 Å². The monoisotopic (exact) mass is 250 g/mol. The van der Waals surface area contributed by atoms with Crippen LogP contribution in [-0.4, -0.2) is 26.9 Å². The molecule has 2 aromatic rings. The van der Waals surface area contributed by atoms with Gasteiger partial charge in [-0.05, 0) is 12.1 Å². The second-order valence-corrected chi connectivity index (χ2v) is 3.83. The number of aryl methyl sites for hydroxylation is 1. The van der Waals surface area contributed by atoms with Crippen molar-refractivity contribution in [2.24, 2.45) is 7.05 Å². The summed E-state index contributed by atoms with van der Waals surface area (Å²) in [6.07, 6.45) is 1.76. The van der Waals surface area contributed by atoms with E-state index >= 15 is 0 Å². The summed E-state index contributed by atoms with van der Waals surface area (Å²) in [5.74, 6) is -0.411. The highest BCUT2D eigenvalue weighted by atomic mass is 19.1. The minimum Gasteiger partial charge on any atom is -0.487 e. The third-order valence-electron chi connectivity index (χ3n) is 2.40. The molecular formula is C11H12BFN2O3. The van der Waals surface area contributed by atoms with Crippen molar-refractivity contribution in [3.05, 3.63) is 42.0 Å². The fourth-order valence-corrected chi connectivity index (χ4v) is 1.54. The highest BCUT2D eigenvalue weighted by molar-refractivity contribution is 6.59. The fourth-order valence-electron chi connectivity index (χ4n) is 1.54. The lowest BCUT2D eigenvalue weighted by molar-refractivity contribution is 0.299. The lowest BCUT2D eigenvalue weighted by atomic mass is 9.79. The topological polar surface area (TPSA) is 67.5 Å². The maximum absolute atomic E-state index is 13.1. The van der Waals surface area contributed by atoms with Gasteiger partial charge in [-0.25, -0.2) is 4.39 Å². The van der Waals surface area contributed by atoms with E-state index < -0.39 is 12.9 Å². The van der Waals surface area contributed by atoms with Gasteiger partial charge in [0.2, 0.25) is 0 Å². The summed E-state index contributed by atoms with van der Waals surface area (Å²) in [6.45, 7) is 0.129. The van der Waals surface area contributed by atoms with E-state index in [0.29, 0.717) is 5.69 Å². The van der Waals surface area contributed by atoms with E-state index in [1.807, 2.05) is 0 Å². The van der Waals surface area contributed by atoms with Crippen molar-refractivity contribution >= 4 is 12.6 Å². The first-order valence-electron chi connectivity index (χ1n) is 5.33. The van der Waals surface area contributed by atoms with E-state index in [9.17, 15) is 4.39 Å². The maximum Gasteiger partial charge on any atom is 0.492 e. The lowest BCUT2D eigenvalue weighted by Crippen LogP contribution is -2.31. The van der Waals surface area contributed by atoms with Gasteiger partial charge in [-0.2, -0.15) is 5.10 Å². The molecule has 0 spiro atoms. The average Bonchev–Trinajstić information content (AvgIpc) is 2.72. The number of nitrogens with zero attached hydrogens (tertiary/aromatic N) is 2. The first-order valence-corrected chi connectivity index (χ1v) is 5.33. The third-order valence-corrected chi connectivity index (χ3v) is 2.40. The summed E-state index contributed by atoms with van der Waals surface area (Å²) in [5, 5.41) is 22.4. The number of hydrogen-bond acceptors (Lipinski definition) is 4. The predicted octanol–water partition coefficient (Wildman–Crippen LogP) is -0.182. The van der Waals surface area contributed by atoms with Gasteiger partial charge in [0.15, 0.2) is 0 Å². The van der Waals surface area contributed by atoms with E-state index in [1.54, 1.807) is 24.0 Å². The molecule has 0 atom stereocenters. The second kappa shape index (κ2) is 5.20. The highest BCUT2D eigenvalue weighted by Crippen LogP contribution is 2.12. The van der Waals surface area contributed by atoms with Crippen LogP contribution in [0.1, 0.15) is 5.69 Å². The molecule has 2 N–H and O–H groups in total. The Bertz CT molecular complexity index is 545. The molecule has 94 valence electrons. The van der Waals surface area contributed by atoms with E-state index in [0.717, 1.165) is 12.1 Å². The number of aromatic nitrogens is 2. The summed E-state index contributed by atoms with van der Waals surface area (Å²) in [5.41, 5.74) is 0.785. The minimum atomic E-state index is -1.70. The van der Waals surface area contributed by atoms with Gasteiger partial charge in [0.1, 0.15) is 18.2 Å². The Morgan fingerprint density at radius 1 is 1.39 bits per heavy atom. The van der Waals surface area contributed by atoms with Gasteiger partial charge in [-0.3, -0.25) is 4.68 Å².